The van der Waals surface area contributed by atoms with E-state index in [0.717, 1.165) is 64.2 Å². The Labute approximate surface area is 337 Å². The van der Waals surface area contributed by atoms with Crippen LogP contribution in [0.5, 0.6) is 0 Å². The molecule has 1 unspecified atom stereocenters. The minimum absolute atomic E-state index is 0.0515. The summed E-state index contributed by atoms with van der Waals surface area (Å²) < 4.78 is 32.8. The predicted octanol–water partition coefficient (Wildman–Crippen LogP) is 12.9. The highest BCUT2D eigenvalue weighted by molar-refractivity contribution is 7.47. The highest BCUT2D eigenvalue weighted by Gasteiger charge is 2.26. The van der Waals surface area contributed by atoms with E-state index in [4.69, 9.17) is 24.3 Å². The predicted molar refractivity (Wildman–Crippen MR) is 229 cm³/mol. The maximum Gasteiger partial charge on any atom is 0.472 e. The third-order valence-electron chi connectivity index (χ3n) is 9.54. The van der Waals surface area contributed by atoms with E-state index in [0.29, 0.717) is 12.8 Å². The summed E-state index contributed by atoms with van der Waals surface area (Å²) >= 11 is 0. The fraction of sp³-hybridized carbons (Fsp3) is 0.822. The first-order valence-corrected chi connectivity index (χ1v) is 24.0. The van der Waals surface area contributed by atoms with E-state index in [1.165, 1.54) is 103 Å². The number of nitrogens with two attached hydrogens (primary N) is 1. The highest BCUT2D eigenvalue weighted by atomic mass is 31.2. The van der Waals surface area contributed by atoms with Gasteiger partial charge in [-0.25, -0.2) is 4.57 Å². The van der Waals surface area contributed by atoms with Crippen molar-refractivity contribution in [3.8, 4) is 0 Å². The van der Waals surface area contributed by atoms with Crippen molar-refractivity contribution in [3.05, 3.63) is 36.5 Å². The van der Waals surface area contributed by atoms with Gasteiger partial charge in [-0.15, -0.1) is 0 Å². The number of carbonyl (C=O) groups excluding carboxylic acids is 2. The van der Waals surface area contributed by atoms with E-state index in [1.54, 1.807) is 0 Å². The van der Waals surface area contributed by atoms with Crippen LogP contribution < -0.4 is 5.73 Å². The third-order valence-corrected chi connectivity index (χ3v) is 10.5. The Morgan fingerprint density at radius 3 is 1.49 bits per heavy atom. The van der Waals surface area contributed by atoms with Crippen molar-refractivity contribution in [1.29, 1.82) is 0 Å². The molecule has 0 fully saturated rings. The van der Waals surface area contributed by atoms with Gasteiger partial charge in [-0.05, 0) is 44.9 Å². The van der Waals surface area contributed by atoms with Crippen molar-refractivity contribution in [2.75, 3.05) is 26.4 Å². The van der Waals surface area contributed by atoms with Crippen molar-refractivity contribution in [3.63, 3.8) is 0 Å². The van der Waals surface area contributed by atoms with Crippen LogP contribution in [0.3, 0.4) is 0 Å². The van der Waals surface area contributed by atoms with E-state index in [1.807, 2.05) is 0 Å². The Morgan fingerprint density at radius 2 is 1.00 bits per heavy atom. The normalized spacial score (nSPS) is 13.6. The molecule has 10 heteroatoms. The summed E-state index contributed by atoms with van der Waals surface area (Å²) in [5.74, 6) is -0.842. The Bertz CT molecular complexity index is 1000. The first-order valence-electron chi connectivity index (χ1n) is 22.5. The van der Waals surface area contributed by atoms with Crippen LogP contribution in [0.1, 0.15) is 206 Å². The van der Waals surface area contributed by atoms with Gasteiger partial charge in [-0.2, -0.15) is 0 Å². The Morgan fingerprint density at radius 1 is 0.564 bits per heavy atom. The minimum Gasteiger partial charge on any atom is -0.462 e. The molecular weight excluding hydrogens is 713 g/mol. The first kappa shape index (κ1) is 53.2. The lowest BCUT2D eigenvalue weighted by Gasteiger charge is -2.19. The lowest BCUT2D eigenvalue weighted by atomic mass is 10.0. The van der Waals surface area contributed by atoms with Crippen LogP contribution >= 0.6 is 7.82 Å². The summed E-state index contributed by atoms with van der Waals surface area (Å²) in [4.78, 5) is 34.9. The van der Waals surface area contributed by atoms with E-state index in [9.17, 15) is 19.0 Å². The average Bonchev–Trinajstić information content (AvgIpc) is 3.17. The number of phosphoric acid groups is 1. The Hall–Kier alpha value is -1.77. The fourth-order valence-corrected chi connectivity index (χ4v) is 7.00. The molecule has 0 aliphatic rings. The molecule has 0 rings (SSSR count). The van der Waals surface area contributed by atoms with Gasteiger partial charge in [0.2, 0.25) is 0 Å². The quantitative estimate of drug-likeness (QED) is 0.0268. The smallest absolute Gasteiger partial charge is 0.462 e. The number of phosphoric ester groups is 1. The lowest BCUT2D eigenvalue weighted by molar-refractivity contribution is -0.161. The Kier molecular flexibility index (Phi) is 40.5. The molecule has 0 bridgehead atoms. The fourth-order valence-electron chi connectivity index (χ4n) is 6.24. The molecule has 9 nitrogen and oxygen atoms in total. The molecule has 55 heavy (non-hydrogen) atoms. The van der Waals surface area contributed by atoms with Crippen LogP contribution in [0, 0.1) is 0 Å². The number of ether oxygens (including phenoxy) is 2. The zero-order valence-electron chi connectivity index (χ0n) is 35.4. The van der Waals surface area contributed by atoms with Crippen LogP contribution in [0.25, 0.3) is 0 Å². The monoisotopic (exact) mass is 798 g/mol. The molecule has 0 heterocycles. The maximum atomic E-state index is 12.6. The van der Waals surface area contributed by atoms with Gasteiger partial charge in [0, 0.05) is 19.4 Å². The first-order chi connectivity index (χ1) is 26.8. The SMILES string of the molecule is CCC=CCC=CCC=CCCCCCCCC(=O)OC[C@H](COP(=O)(O)OCCN)OC(=O)CCCCCCCCCCCCCCCCCCCCC. The van der Waals surface area contributed by atoms with Crippen LogP contribution in [0.15, 0.2) is 36.5 Å². The molecule has 0 saturated heterocycles. The molecule has 0 aromatic heterocycles. The minimum atomic E-state index is -4.38. The molecule has 0 spiro atoms. The van der Waals surface area contributed by atoms with Crippen LogP contribution in [-0.4, -0.2) is 49.3 Å². The standard InChI is InChI=1S/C45H84NO8P/c1-3-5-7-9-11-13-15-17-19-20-21-22-24-26-28-30-32-34-36-38-45(48)54-43(42-53-55(49,50)52-40-39-46)41-51-44(47)37-35-33-31-29-27-25-23-18-16-14-12-10-8-6-4-2/h6,8,12,14,18,23,43H,3-5,7,9-11,13,15-17,19-22,24-42,46H2,1-2H3,(H,49,50)/t43-/m1/s1. The van der Waals surface area contributed by atoms with Gasteiger partial charge in [-0.1, -0.05) is 185 Å². The van der Waals surface area contributed by atoms with Crippen LogP contribution in [0.2, 0.25) is 0 Å². The van der Waals surface area contributed by atoms with Gasteiger partial charge in [0.1, 0.15) is 6.61 Å². The van der Waals surface area contributed by atoms with Gasteiger partial charge >= 0.3 is 19.8 Å². The van der Waals surface area contributed by atoms with E-state index in [-0.39, 0.29) is 32.6 Å². The molecule has 2 atom stereocenters. The molecule has 0 radical (unpaired) electrons. The van der Waals surface area contributed by atoms with Gasteiger partial charge < -0.3 is 20.1 Å². The largest absolute Gasteiger partial charge is 0.472 e. The maximum absolute atomic E-state index is 12.6. The summed E-state index contributed by atoms with van der Waals surface area (Å²) in [6.07, 6.45) is 46.0. The lowest BCUT2D eigenvalue weighted by Crippen LogP contribution is -2.29. The third kappa shape index (κ3) is 41.7. The van der Waals surface area contributed by atoms with Crippen LogP contribution in [-0.2, 0) is 32.7 Å². The summed E-state index contributed by atoms with van der Waals surface area (Å²) in [6, 6.07) is 0. The van der Waals surface area contributed by atoms with Gasteiger partial charge in [-0.3, -0.25) is 18.6 Å². The number of allylic oxidation sites excluding steroid dienone is 6. The number of rotatable bonds is 42. The molecule has 0 aliphatic carbocycles. The summed E-state index contributed by atoms with van der Waals surface area (Å²) in [7, 11) is -4.38. The van der Waals surface area contributed by atoms with Crippen molar-refractivity contribution >= 4 is 19.8 Å². The molecule has 322 valence electrons. The Balaban J connectivity index is 4.11. The molecule has 3 N–H and O–H groups in total. The van der Waals surface area contributed by atoms with Gasteiger partial charge in [0.05, 0.1) is 13.2 Å². The zero-order valence-corrected chi connectivity index (χ0v) is 36.3. The summed E-state index contributed by atoms with van der Waals surface area (Å²) in [6.45, 7) is 3.62. The number of hydrogen-bond donors (Lipinski definition) is 2. The molecule has 0 saturated carbocycles. The second-order valence-corrected chi connectivity index (χ2v) is 16.3. The van der Waals surface area contributed by atoms with Gasteiger partial charge in [0.15, 0.2) is 6.10 Å². The molecule has 0 amide bonds. The second-order valence-electron chi connectivity index (χ2n) is 14.9. The van der Waals surface area contributed by atoms with E-state index < -0.39 is 32.5 Å². The average molecular weight is 798 g/mol. The summed E-state index contributed by atoms with van der Waals surface area (Å²) in [5, 5.41) is 0. The molecule has 0 aliphatic heterocycles. The van der Waals surface area contributed by atoms with Crippen molar-refractivity contribution < 1.29 is 37.6 Å². The van der Waals surface area contributed by atoms with E-state index in [2.05, 4.69) is 50.3 Å². The van der Waals surface area contributed by atoms with Crippen LogP contribution in [0.4, 0.5) is 0 Å². The van der Waals surface area contributed by atoms with Crippen molar-refractivity contribution in [1.82, 2.24) is 0 Å². The van der Waals surface area contributed by atoms with Crippen molar-refractivity contribution in [2.45, 2.75) is 213 Å². The number of hydrogen-bond acceptors (Lipinski definition) is 8. The molecule has 0 aromatic rings. The molecular formula is C45H84NO8P. The number of unbranched alkanes of at least 4 members (excludes halogenated alkanes) is 23. The van der Waals surface area contributed by atoms with Crippen molar-refractivity contribution in [2.24, 2.45) is 5.73 Å². The zero-order chi connectivity index (χ0) is 40.3. The molecule has 0 aromatic carbocycles. The second kappa shape index (κ2) is 41.9. The number of carbonyl (C=O) groups is 2. The topological polar surface area (TPSA) is 134 Å². The van der Waals surface area contributed by atoms with Gasteiger partial charge in [0.25, 0.3) is 0 Å². The highest BCUT2D eigenvalue weighted by Crippen LogP contribution is 2.43. The summed E-state index contributed by atoms with van der Waals surface area (Å²) in [5.41, 5.74) is 5.35. The number of esters is 2. The van der Waals surface area contributed by atoms with E-state index >= 15 is 0 Å².